The molecule has 0 aromatic heterocycles. The van der Waals surface area contributed by atoms with Crippen LogP contribution in [0.1, 0.15) is 11.1 Å². The second kappa shape index (κ2) is 4.52. The van der Waals surface area contributed by atoms with Crippen molar-refractivity contribution in [3.8, 4) is 12.1 Å². The molecule has 17 heavy (non-hydrogen) atoms. The van der Waals surface area contributed by atoms with E-state index in [4.69, 9.17) is 15.4 Å². The first-order valence-electron chi connectivity index (χ1n) is 4.88. The molecule has 0 heterocycles. The van der Waals surface area contributed by atoms with Gasteiger partial charge in [-0.25, -0.2) is 0 Å². The summed E-state index contributed by atoms with van der Waals surface area (Å²) >= 11 is 0. The van der Waals surface area contributed by atoms with Crippen LogP contribution in [0, 0.1) is 22.7 Å². The van der Waals surface area contributed by atoms with E-state index in [0.29, 0.717) is 11.3 Å². The van der Waals surface area contributed by atoms with Crippen LogP contribution in [0.25, 0.3) is 11.3 Å². The Morgan fingerprint density at radius 2 is 1.76 bits per heavy atom. The van der Waals surface area contributed by atoms with E-state index in [-0.39, 0.29) is 5.57 Å². The predicted octanol–water partition coefficient (Wildman–Crippen LogP) is 2.42. The summed E-state index contributed by atoms with van der Waals surface area (Å²) in [5, 5.41) is 17.8. The minimum atomic E-state index is 0.0622. The maximum atomic E-state index is 8.90. The summed E-state index contributed by atoms with van der Waals surface area (Å²) in [6.07, 6.45) is 1.63. The van der Waals surface area contributed by atoms with Crippen LogP contribution in [-0.2, 0) is 9.78 Å². The van der Waals surface area contributed by atoms with Crippen molar-refractivity contribution in [2.24, 2.45) is 0 Å². The fourth-order valence-corrected chi connectivity index (χ4v) is 1.73. The van der Waals surface area contributed by atoms with Crippen LogP contribution in [0.5, 0.6) is 0 Å². The second-order valence-corrected chi connectivity index (χ2v) is 3.32. The van der Waals surface area contributed by atoms with Crippen molar-refractivity contribution >= 4 is 11.3 Å². The number of fused-ring (bicyclic) bond motifs is 1. The zero-order valence-electron chi connectivity index (χ0n) is 9.10. The molecule has 1 aromatic rings. The van der Waals surface area contributed by atoms with Gasteiger partial charge in [0.1, 0.15) is 17.7 Å². The van der Waals surface area contributed by atoms with Gasteiger partial charge in [0.05, 0.1) is 7.11 Å². The molecule has 1 aliphatic rings. The van der Waals surface area contributed by atoms with Crippen molar-refractivity contribution in [2.75, 3.05) is 7.11 Å². The van der Waals surface area contributed by atoms with Crippen LogP contribution in [0.3, 0.4) is 0 Å². The maximum Gasteiger partial charge on any atom is 0.173 e. The molecule has 1 aromatic carbocycles. The third-order valence-corrected chi connectivity index (χ3v) is 2.42. The Balaban J connectivity index is 2.64. The number of rotatable bonds is 2. The lowest BCUT2D eigenvalue weighted by Gasteiger charge is -2.03. The molecule has 1 aliphatic carbocycles. The number of allylic oxidation sites excluding steroid dienone is 3. The highest BCUT2D eigenvalue weighted by molar-refractivity contribution is 5.96. The number of benzene rings is 1. The summed E-state index contributed by atoms with van der Waals surface area (Å²) in [5.74, 6) is 0.501. The lowest BCUT2D eigenvalue weighted by atomic mass is 10.0. The predicted molar refractivity (Wildman–Crippen MR) is 60.7 cm³/mol. The van der Waals surface area contributed by atoms with E-state index in [9.17, 15) is 0 Å². The smallest absolute Gasteiger partial charge is 0.173 e. The summed E-state index contributed by atoms with van der Waals surface area (Å²) in [4.78, 5) is 9.63. The molecule has 0 radical (unpaired) electrons. The van der Waals surface area contributed by atoms with Crippen molar-refractivity contribution in [1.82, 2.24) is 0 Å². The van der Waals surface area contributed by atoms with E-state index in [1.165, 1.54) is 7.11 Å². The van der Waals surface area contributed by atoms with Gasteiger partial charge >= 0.3 is 0 Å². The summed E-state index contributed by atoms with van der Waals surface area (Å²) < 4.78 is 0. The molecule has 82 valence electrons. The van der Waals surface area contributed by atoms with Gasteiger partial charge in [-0.05, 0) is 11.6 Å². The SMILES string of the molecule is COOC1=CC(=C(C#N)C#N)c2ccccc21. The zero-order valence-corrected chi connectivity index (χ0v) is 9.10. The van der Waals surface area contributed by atoms with E-state index in [2.05, 4.69) is 4.89 Å². The molecule has 0 bridgehead atoms. The lowest BCUT2D eigenvalue weighted by molar-refractivity contribution is -0.207. The van der Waals surface area contributed by atoms with Crippen molar-refractivity contribution < 1.29 is 9.78 Å². The Kier molecular flexibility index (Phi) is 2.91. The average Bonchev–Trinajstić information content (AvgIpc) is 2.72. The topological polar surface area (TPSA) is 66.0 Å². The van der Waals surface area contributed by atoms with Gasteiger partial charge in [0.15, 0.2) is 5.76 Å². The minimum absolute atomic E-state index is 0.0622. The Morgan fingerprint density at radius 3 is 2.35 bits per heavy atom. The average molecular weight is 224 g/mol. The monoisotopic (exact) mass is 224 g/mol. The number of hydrogen-bond donors (Lipinski definition) is 0. The van der Waals surface area contributed by atoms with Gasteiger partial charge in [-0.2, -0.15) is 15.4 Å². The molecule has 0 spiro atoms. The van der Waals surface area contributed by atoms with Crippen LogP contribution in [-0.4, -0.2) is 7.11 Å². The fourth-order valence-electron chi connectivity index (χ4n) is 1.73. The van der Waals surface area contributed by atoms with Gasteiger partial charge in [0.2, 0.25) is 0 Å². The number of hydrogen-bond acceptors (Lipinski definition) is 4. The molecule has 0 amide bonds. The summed E-state index contributed by atoms with van der Waals surface area (Å²) in [5.41, 5.74) is 2.25. The minimum Gasteiger partial charge on any atom is -0.337 e. The van der Waals surface area contributed by atoms with Gasteiger partial charge in [-0.3, -0.25) is 0 Å². The Morgan fingerprint density at radius 1 is 1.12 bits per heavy atom. The van der Waals surface area contributed by atoms with Crippen LogP contribution in [0.4, 0.5) is 0 Å². The van der Waals surface area contributed by atoms with Gasteiger partial charge in [0.25, 0.3) is 0 Å². The van der Waals surface area contributed by atoms with Crippen LogP contribution in [0.2, 0.25) is 0 Å². The highest BCUT2D eigenvalue weighted by atomic mass is 17.2. The molecule has 0 fully saturated rings. The molecule has 0 aliphatic heterocycles. The largest absolute Gasteiger partial charge is 0.337 e. The standard InChI is InChI=1S/C13H8N2O2/c1-16-17-13-6-12(9(7-14)8-15)10-4-2-3-5-11(10)13/h2-6H,1H3. The summed E-state index contributed by atoms with van der Waals surface area (Å²) in [6, 6.07) is 11.1. The first-order valence-corrected chi connectivity index (χ1v) is 4.88. The molecular weight excluding hydrogens is 216 g/mol. The highest BCUT2D eigenvalue weighted by Gasteiger charge is 2.22. The summed E-state index contributed by atoms with van der Waals surface area (Å²) in [6.45, 7) is 0. The number of nitrogens with zero attached hydrogens (tertiary/aromatic N) is 2. The maximum absolute atomic E-state index is 8.90. The fraction of sp³-hybridized carbons (Fsp3) is 0.0769. The van der Waals surface area contributed by atoms with E-state index in [1.807, 2.05) is 36.4 Å². The quantitative estimate of drug-likeness (QED) is 0.439. The molecule has 4 nitrogen and oxygen atoms in total. The van der Waals surface area contributed by atoms with Crippen LogP contribution < -0.4 is 0 Å². The molecule has 0 saturated heterocycles. The molecule has 0 saturated carbocycles. The van der Waals surface area contributed by atoms with Crippen LogP contribution in [0.15, 0.2) is 35.9 Å². The molecule has 0 atom stereocenters. The first kappa shape index (κ1) is 10.9. The van der Waals surface area contributed by atoms with Crippen molar-refractivity contribution in [2.45, 2.75) is 0 Å². The Bertz CT molecular complexity index is 585. The first-order chi connectivity index (χ1) is 8.31. The molecule has 4 heteroatoms. The molecule has 2 rings (SSSR count). The van der Waals surface area contributed by atoms with Gasteiger partial charge in [0, 0.05) is 11.1 Å². The van der Waals surface area contributed by atoms with Crippen molar-refractivity contribution in [3.63, 3.8) is 0 Å². The van der Waals surface area contributed by atoms with Crippen molar-refractivity contribution in [3.05, 3.63) is 47.0 Å². The van der Waals surface area contributed by atoms with Gasteiger partial charge in [-0.15, -0.1) is 0 Å². The van der Waals surface area contributed by atoms with E-state index in [1.54, 1.807) is 6.08 Å². The van der Waals surface area contributed by atoms with E-state index >= 15 is 0 Å². The van der Waals surface area contributed by atoms with Gasteiger partial charge in [-0.1, -0.05) is 24.3 Å². The molecular formula is C13H8N2O2. The van der Waals surface area contributed by atoms with E-state index < -0.39 is 0 Å². The third kappa shape index (κ3) is 1.78. The second-order valence-electron chi connectivity index (χ2n) is 3.32. The van der Waals surface area contributed by atoms with Crippen molar-refractivity contribution in [1.29, 1.82) is 10.5 Å². The zero-order chi connectivity index (χ0) is 12.3. The Hall–Kier alpha value is -2.56. The normalized spacial score (nSPS) is 12.2. The molecule has 0 unspecified atom stereocenters. The van der Waals surface area contributed by atoms with Crippen LogP contribution >= 0.6 is 0 Å². The Labute approximate surface area is 98.5 Å². The number of nitriles is 2. The van der Waals surface area contributed by atoms with Gasteiger partial charge < -0.3 is 4.89 Å². The highest BCUT2D eigenvalue weighted by Crippen LogP contribution is 2.37. The third-order valence-electron chi connectivity index (χ3n) is 2.42. The summed E-state index contributed by atoms with van der Waals surface area (Å²) in [7, 11) is 1.40. The van der Waals surface area contributed by atoms with E-state index in [0.717, 1.165) is 11.1 Å². The lowest BCUT2D eigenvalue weighted by Crippen LogP contribution is -1.89. The molecule has 0 N–H and O–H groups in total.